The molecule has 1 aromatic carbocycles. The molecule has 1 aromatic heterocycles. The summed E-state index contributed by atoms with van der Waals surface area (Å²) in [7, 11) is 0. The highest BCUT2D eigenvalue weighted by Gasteiger charge is 2.14. The number of benzene rings is 1. The fraction of sp³-hybridized carbons (Fsp3) is 0.438. The average Bonchev–Trinajstić information content (AvgIpc) is 2.73. The molecule has 0 radical (unpaired) electrons. The van der Waals surface area contributed by atoms with Crippen LogP contribution in [0.1, 0.15) is 30.8 Å². The van der Waals surface area contributed by atoms with Crippen LogP contribution in [-0.2, 0) is 13.1 Å². The molecule has 20 heavy (non-hydrogen) atoms. The molecular weight excluding hydrogens is 253 g/mol. The van der Waals surface area contributed by atoms with Crippen molar-refractivity contribution in [3.63, 3.8) is 0 Å². The van der Waals surface area contributed by atoms with E-state index in [0.29, 0.717) is 12.1 Å². The molecule has 0 saturated carbocycles. The van der Waals surface area contributed by atoms with Gasteiger partial charge in [0.2, 0.25) is 0 Å². The van der Waals surface area contributed by atoms with E-state index in [9.17, 15) is 4.39 Å². The highest BCUT2D eigenvalue weighted by Crippen LogP contribution is 2.28. The number of hydrogen-bond donors (Lipinski definition) is 1. The van der Waals surface area contributed by atoms with Crippen LogP contribution in [0.2, 0.25) is 0 Å². The van der Waals surface area contributed by atoms with Crippen LogP contribution in [0, 0.1) is 19.7 Å². The van der Waals surface area contributed by atoms with Gasteiger partial charge in [0.05, 0.1) is 5.69 Å². The van der Waals surface area contributed by atoms with Gasteiger partial charge in [0.25, 0.3) is 0 Å². The van der Waals surface area contributed by atoms with Gasteiger partial charge in [0, 0.05) is 29.9 Å². The minimum absolute atomic E-state index is 0.159. The fourth-order valence-electron chi connectivity index (χ4n) is 2.55. The number of hydrogen-bond acceptors (Lipinski definition) is 2. The number of rotatable bonds is 5. The molecule has 0 aliphatic carbocycles. The molecule has 0 atom stereocenters. The van der Waals surface area contributed by atoms with E-state index >= 15 is 0 Å². The molecule has 0 aliphatic heterocycles. The fourth-order valence-corrected chi connectivity index (χ4v) is 2.55. The summed E-state index contributed by atoms with van der Waals surface area (Å²) in [6, 6.07) is 5.31. The number of nitrogens with zero attached hydrogens (tertiary/aromatic N) is 2. The normalized spacial score (nSPS) is 11.1. The van der Waals surface area contributed by atoms with Gasteiger partial charge in [-0.25, -0.2) is 4.39 Å². The van der Waals surface area contributed by atoms with Crippen LogP contribution in [0.25, 0.3) is 11.1 Å². The first kappa shape index (κ1) is 14.7. The molecule has 0 spiro atoms. The quantitative estimate of drug-likeness (QED) is 0.906. The van der Waals surface area contributed by atoms with Gasteiger partial charge in [-0.2, -0.15) is 5.10 Å². The molecule has 0 bridgehead atoms. The van der Waals surface area contributed by atoms with Crippen molar-refractivity contribution >= 4 is 0 Å². The van der Waals surface area contributed by atoms with E-state index in [-0.39, 0.29) is 5.82 Å². The van der Waals surface area contributed by atoms with Gasteiger partial charge < -0.3 is 5.32 Å². The van der Waals surface area contributed by atoms with E-state index in [1.165, 1.54) is 0 Å². The number of halogens is 1. The predicted octanol–water partition coefficient (Wildman–Crippen LogP) is 3.44. The van der Waals surface area contributed by atoms with Gasteiger partial charge in [-0.15, -0.1) is 0 Å². The largest absolute Gasteiger partial charge is 0.313 e. The molecule has 1 heterocycles. The van der Waals surface area contributed by atoms with Gasteiger partial charge in [0.1, 0.15) is 5.82 Å². The summed E-state index contributed by atoms with van der Waals surface area (Å²) in [5, 5.41) is 7.70. The average molecular weight is 275 g/mol. The maximum absolute atomic E-state index is 13.8. The van der Waals surface area contributed by atoms with Crippen LogP contribution >= 0.6 is 0 Å². The van der Waals surface area contributed by atoms with Crippen LogP contribution in [0.15, 0.2) is 18.2 Å². The standard InChI is InChI=1S/C16H22FN3/c1-5-18-10-14-9-13(7-8-15(14)17)16-11(3)19-20(6-2)12(16)4/h7-9,18H,5-6,10H2,1-4H3. The van der Waals surface area contributed by atoms with Crippen LogP contribution in [0.4, 0.5) is 4.39 Å². The Morgan fingerprint density at radius 2 is 2.00 bits per heavy atom. The minimum atomic E-state index is -0.159. The van der Waals surface area contributed by atoms with E-state index in [1.54, 1.807) is 6.07 Å². The molecule has 0 fully saturated rings. The summed E-state index contributed by atoms with van der Waals surface area (Å²) >= 11 is 0. The first-order valence-electron chi connectivity index (χ1n) is 7.12. The summed E-state index contributed by atoms with van der Waals surface area (Å²) in [6.45, 7) is 10.4. The van der Waals surface area contributed by atoms with E-state index in [2.05, 4.69) is 24.3 Å². The third-order valence-corrected chi connectivity index (χ3v) is 3.58. The first-order chi connectivity index (χ1) is 9.58. The second-order valence-corrected chi connectivity index (χ2v) is 4.95. The molecule has 2 aromatic rings. The summed E-state index contributed by atoms with van der Waals surface area (Å²) in [5.41, 5.74) is 4.97. The van der Waals surface area contributed by atoms with E-state index in [4.69, 9.17) is 0 Å². The van der Waals surface area contributed by atoms with Crippen molar-refractivity contribution in [2.24, 2.45) is 0 Å². The molecule has 0 unspecified atom stereocenters. The third-order valence-electron chi connectivity index (χ3n) is 3.58. The topological polar surface area (TPSA) is 29.9 Å². The molecule has 2 rings (SSSR count). The lowest BCUT2D eigenvalue weighted by atomic mass is 10.0. The Morgan fingerprint density at radius 3 is 2.60 bits per heavy atom. The Morgan fingerprint density at radius 1 is 1.25 bits per heavy atom. The van der Waals surface area contributed by atoms with Gasteiger partial charge in [0.15, 0.2) is 0 Å². The van der Waals surface area contributed by atoms with Gasteiger partial charge in [-0.1, -0.05) is 13.0 Å². The first-order valence-corrected chi connectivity index (χ1v) is 7.12. The summed E-state index contributed by atoms with van der Waals surface area (Å²) < 4.78 is 15.8. The Labute approximate surface area is 119 Å². The van der Waals surface area contributed by atoms with Crippen LogP contribution in [0.5, 0.6) is 0 Å². The lowest BCUT2D eigenvalue weighted by molar-refractivity contribution is 0.593. The van der Waals surface area contributed by atoms with Crippen molar-refractivity contribution in [3.8, 4) is 11.1 Å². The lowest BCUT2D eigenvalue weighted by Crippen LogP contribution is -2.13. The van der Waals surface area contributed by atoms with Crippen molar-refractivity contribution in [2.45, 2.75) is 40.8 Å². The van der Waals surface area contributed by atoms with E-state index in [0.717, 1.165) is 35.6 Å². The molecule has 3 nitrogen and oxygen atoms in total. The smallest absolute Gasteiger partial charge is 0.127 e. The third kappa shape index (κ3) is 2.75. The van der Waals surface area contributed by atoms with Crippen molar-refractivity contribution in [2.75, 3.05) is 6.54 Å². The summed E-state index contributed by atoms with van der Waals surface area (Å²) in [4.78, 5) is 0. The monoisotopic (exact) mass is 275 g/mol. The summed E-state index contributed by atoms with van der Waals surface area (Å²) in [6.07, 6.45) is 0. The van der Waals surface area contributed by atoms with Gasteiger partial charge in [-0.05, 0) is 45.0 Å². The van der Waals surface area contributed by atoms with E-state index < -0.39 is 0 Å². The van der Waals surface area contributed by atoms with Crippen molar-refractivity contribution in [1.82, 2.24) is 15.1 Å². The molecule has 0 amide bonds. The van der Waals surface area contributed by atoms with E-state index in [1.807, 2.05) is 30.7 Å². The Balaban J connectivity index is 2.45. The zero-order valence-corrected chi connectivity index (χ0v) is 12.6. The summed E-state index contributed by atoms with van der Waals surface area (Å²) in [5.74, 6) is -0.159. The molecule has 1 N–H and O–H groups in total. The number of aryl methyl sites for hydroxylation is 2. The molecule has 108 valence electrons. The van der Waals surface area contributed by atoms with Crippen LogP contribution in [-0.4, -0.2) is 16.3 Å². The predicted molar refractivity (Wildman–Crippen MR) is 80.1 cm³/mol. The zero-order valence-electron chi connectivity index (χ0n) is 12.6. The van der Waals surface area contributed by atoms with Crippen molar-refractivity contribution < 1.29 is 4.39 Å². The molecule has 4 heteroatoms. The Kier molecular flexibility index (Phi) is 4.55. The SMILES string of the molecule is CCNCc1cc(-c2c(C)nn(CC)c2C)ccc1F. The minimum Gasteiger partial charge on any atom is -0.313 e. The zero-order chi connectivity index (χ0) is 14.7. The van der Waals surface area contributed by atoms with Crippen molar-refractivity contribution in [1.29, 1.82) is 0 Å². The Bertz CT molecular complexity index is 602. The maximum atomic E-state index is 13.8. The number of aromatic nitrogens is 2. The molecular formula is C16H22FN3. The second-order valence-electron chi connectivity index (χ2n) is 4.95. The van der Waals surface area contributed by atoms with Crippen LogP contribution in [0.3, 0.4) is 0 Å². The van der Waals surface area contributed by atoms with Crippen molar-refractivity contribution in [3.05, 3.63) is 41.0 Å². The Hall–Kier alpha value is -1.68. The maximum Gasteiger partial charge on any atom is 0.127 e. The second kappa shape index (κ2) is 6.18. The van der Waals surface area contributed by atoms with Gasteiger partial charge in [-0.3, -0.25) is 4.68 Å². The highest BCUT2D eigenvalue weighted by molar-refractivity contribution is 5.69. The van der Waals surface area contributed by atoms with Gasteiger partial charge >= 0.3 is 0 Å². The highest BCUT2D eigenvalue weighted by atomic mass is 19.1. The van der Waals surface area contributed by atoms with Crippen LogP contribution < -0.4 is 5.32 Å². The molecule has 0 aliphatic rings. The number of nitrogens with one attached hydrogen (secondary N) is 1. The lowest BCUT2D eigenvalue weighted by Gasteiger charge is -2.08. The molecule has 0 saturated heterocycles.